The van der Waals surface area contributed by atoms with Crippen molar-refractivity contribution in [3.8, 4) is 0 Å². The number of carbonyl (C=O) groups is 1. The predicted octanol–water partition coefficient (Wildman–Crippen LogP) is 1.40. The largest absolute Gasteiger partial charge is 0.481 e. The van der Waals surface area contributed by atoms with Gasteiger partial charge in [0.05, 0.1) is 17.2 Å². The van der Waals surface area contributed by atoms with E-state index >= 15 is 0 Å². The number of halogens is 1. The number of aryl methyl sites for hydroxylation is 1. The van der Waals surface area contributed by atoms with E-state index in [1.54, 1.807) is 13.1 Å². The first kappa shape index (κ1) is 13.4. The molecule has 1 heterocycles. The molecule has 1 aromatic heterocycles. The Labute approximate surface area is 106 Å². The number of alkyl halides is 1. The molecule has 0 aliphatic heterocycles. The molecule has 0 saturated heterocycles. The Kier molecular flexibility index (Phi) is 4.84. The summed E-state index contributed by atoms with van der Waals surface area (Å²) in [4.78, 5) is 24.9. The third-order valence-electron chi connectivity index (χ3n) is 1.94. The molecule has 0 amide bonds. The molecule has 6 heteroatoms. The van der Waals surface area contributed by atoms with Gasteiger partial charge in [-0.2, -0.15) is 0 Å². The first-order valence-corrected chi connectivity index (χ1v) is 5.86. The summed E-state index contributed by atoms with van der Waals surface area (Å²) >= 11 is 2.71. The van der Waals surface area contributed by atoms with E-state index in [4.69, 9.17) is 5.11 Å². The topological polar surface area (TPSA) is 72.2 Å². The average Bonchev–Trinajstić information content (AvgIpc) is 2.35. The van der Waals surface area contributed by atoms with Crippen molar-refractivity contribution < 1.29 is 9.90 Å². The highest BCUT2D eigenvalue weighted by Crippen LogP contribution is 2.03. The van der Waals surface area contributed by atoms with Gasteiger partial charge in [0.1, 0.15) is 5.33 Å². The minimum atomic E-state index is -0.829. The minimum absolute atomic E-state index is 0.000556. The van der Waals surface area contributed by atoms with Gasteiger partial charge < -0.3 is 9.67 Å². The Balaban J connectivity index is 0.000000249. The molecule has 0 radical (unpaired) electrons. The Morgan fingerprint density at radius 2 is 2.06 bits per heavy atom. The van der Waals surface area contributed by atoms with Crippen molar-refractivity contribution in [2.24, 2.45) is 7.05 Å². The van der Waals surface area contributed by atoms with Crippen molar-refractivity contribution >= 4 is 32.8 Å². The van der Waals surface area contributed by atoms with Crippen LogP contribution in [-0.2, 0) is 11.8 Å². The van der Waals surface area contributed by atoms with E-state index in [0.29, 0.717) is 5.39 Å². The molecule has 2 aromatic rings. The third-order valence-corrected chi connectivity index (χ3v) is 2.42. The third kappa shape index (κ3) is 3.67. The van der Waals surface area contributed by atoms with Gasteiger partial charge in [-0.05, 0) is 12.1 Å². The van der Waals surface area contributed by atoms with E-state index < -0.39 is 5.97 Å². The highest BCUT2D eigenvalue weighted by atomic mass is 79.9. The summed E-state index contributed by atoms with van der Waals surface area (Å²) in [6, 6.07) is 7.32. The van der Waals surface area contributed by atoms with Gasteiger partial charge in [-0.25, -0.2) is 4.98 Å². The Hall–Kier alpha value is -1.69. The average molecular weight is 299 g/mol. The molecule has 1 aromatic carbocycles. The van der Waals surface area contributed by atoms with Crippen LogP contribution in [0.3, 0.4) is 0 Å². The lowest BCUT2D eigenvalue weighted by Gasteiger charge is -1.97. The number of nitrogens with zero attached hydrogens (tertiary/aromatic N) is 2. The van der Waals surface area contributed by atoms with Crippen molar-refractivity contribution in [2.45, 2.75) is 0 Å². The lowest BCUT2D eigenvalue weighted by molar-refractivity contribution is -0.133. The molecular weight excluding hydrogens is 288 g/mol. The van der Waals surface area contributed by atoms with Crippen LogP contribution in [0.15, 0.2) is 35.4 Å². The first-order chi connectivity index (χ1) is 8.06. The van der Waals surface area contributed by atoms with E-state index in [1.807, 2.05) is 18.2 Å². The zero-order valence-electron chi connectivity index (χ0n) is 9.13. The molecule has 5 nitrogen and oxygen atoms in total. The van der Waals surface area contributed by atoms with Gasteiger partial charge in [-0.3, -0.25) is 9.59 Å². The fourth-order valence-corrected chi connectivity index (χ4v) is 1.16. The summed E-state index contributed by atoms with van der Waals surface area (Å²) < 4.78 is 1.47. The number of benzene rings is 1. The van der Waals surface area contributed by atoms with Gasteiger partial charge in [0.25, 0.3) is 5.56 Å². The maximum absolute atomic E-state index is 11.5. The second-order valence-corrected chi connectivity index (χ2v) is 3.77. The molecule has 0 bridgehead atoms. The van der Waals surface area contributed by atoms with Crippen LogP contribution in [0.2, 0.25) is 0 Å². The maximum atomic E-state index is 11.5. The zero-order chi connectivity index (χ0) is 12.8. The normalized spacial score (nSPS) is 9.53. The zero-order valence-corrected chi connectivity index (χ0v) is 10.7. The molecule has 0 spiro atoms. The molecule has 2 rings (SSSR count). The van der Waals surface area contributed by atoms with Gasteiger partial charge in [-0.1, -0.05) is 28.1 Å². The van der Waals surface area contributed by atoms with E-state index in [1.165, 1.54) is 10.9 Å². The van der Waals surface area contributed by atoms with Gasteiger partial charge in [0, 0.05) is 7.05 Å². The number of hydrogen-bond acceptors (Lipinski definition) is 3. The molecule has 0 fully saturated rings. The van der Waals surface area contributed by atoms with Crippen molar-refractivity contribution in [3.63, 3.8) is 0 Å². The van der Waals surface area contributed by atoms with Gasteiger partial charge in [0.15, 0.2) is 0 Å². The first-order valence-electron chi connectivity index (χ1n) is 4.74. The van der Waals surface area contributed by atoms with Crippen LogP contribution in [0.25, 0.3) is 10.9 Å². The Morgan fingerprint density at radius 1 is 1.47 bits per heavy atom. The monoisotopic (exact) mass is 298 g/mol. The summed E-state index contributed by atoms with van der Waals surface area (Å²) in [5, 5.41) is 8.38. The maximum Gasteiger partial charge on any atom is 0.314 e. The molecule has 0 unspecified atom stereocenters. The molecule has 0 aliphatic rings. The van der Waals surface area contributed by atoms with Crippen LogP contribution in [-0.4, -0.2) is 26.0 Å². The molecule has 90 valence electrons. The van der Waals surface area contributed by atoms with Crippen molar-refractivity contribution in [1.29, 1.82) is 0 Å². The highest BCUT2D eigenvalue weighted by molar-refractivity contribution is 9.09. The van der Waals surface area contributed by atoms with E-state index in [2.05, 4.69) is 20.9 Å². The number of fused-ring (bicyclic) bond motifs is 1. The number of aliphatic carboxylic acids is 1. The van der Waals surface area contributed by atoms with Gasteiger partial charge in [-0.15, -0.1) is 0 Å². The molecule has 0 saturated carbocycles. The second-order valence-electron chi connectivity index (χ2n) is 3.21. The summed E-state index contributed by atoms with van der Waals surface area (Å²) in [5.41, 5.74) is 0.751. The molecule has 0 atom stereocenters. The van der Waals surface area contributed by atoms with Gasteiger partial charge >= 0.3 is 5.97 Å². The summed E-state index contributed by atoms with van der Waals surface area (Å²) in [6.45, 7) is 0. The van der Waals surface area contributed by atoms with Crippen molar-refractivity contribution in [1.82, 2.24) is 9.55 Å². The highest BCUT2D eigenvalue weighted by Gasteiger charge is 1.98. The van der Waals surface area contributed by atoms with Crippen LogP contribution in [0, 0.1) is 0 Å². The van der Waals surface area contributed by atoms with Crippen LogP contribution in [0.1, 0.15) is 0 Å². The number of hydrogen-bond donors (Lipinski definition) is 1. The smallest absolute Gasteiger partial charge is 0.314 e. The van der Waals surface area contributed by atoms with E-state index in [9.17, 15) is 9.59 Å². The summed E-state index contributed by atoms with van der Waals surface area (Å²) in [5.74, 6) is -0.829. The lowest BCUT2D eigenvalue weighted by atomic mass is 10.2. The Bertz CT molecular complexity index is 580. The quantitative estimate of drug-likeness (QED) is 0.808. The number of carboxylic acids is 1. The van der Waals surface area contributed by atoms with Crippen molar-refractivity contribution in [2.75, 3.05) is 5.33 Å². The van der Waals surface area contributed by atoms with Gasteiger partial charge in [0.2, 0.25) is 0 Å². The number of aromatic nitrogens is 2. The number of para-hydroxylation sites is 1. The SMILES string of the molecule is Cn1cnc2ccccc2c1=O.O=C(O)CBr. The van der Waals surface area contributed by atoms with Crippen LogP contribution in [0.5, 0.6) is 0 Å². The molecule has 1 N–H and O–H groups in total. The number of carboxylic acid groups (broad SMARTS) is 1. The van der Waals surface area contributed by atoms with E-state index in [0.717, 1.165) is 5.52 Å². The van der Waals surface area contributed by atoms with Crippen LogP contribution >= 0.6 is 15.9 Å². The molecular formula is C11H11BrN2O3. The number of rotatable bonds is 1. The Morgan fingerprint density at radius 3 is 2.65 bits per heavy atom. The van der Waals surface area contributed by atoms with Crippen molar-refractivity contribution in [3.05, 3.63) is 40.9 Å². The summed E-state index contributed by atoms with van der Waals surface area (Å²) in [7, 11) is 1.70. The predicted molar refractivity (Wildman–Crippen MR) is 68.4 cm³/mol. The standard InChI is InChI=1S/C9H8N2O.C2H3BrO2/c1-11-6-10-8-5-3-2-4-7(8)9(11)12;3-1-2(4)5/h2-6H,1H3;1H2,(H,4,5). The summed E-state index contributed by atoms with van der Waals surface area (Å²) in [6.07, 6.45) is 1.53. The fourth-order valence-electron chi connectivity index (χ4n) is 1.16. The lowest BCUT2D eigenvalue weighted by Crippen LogP contribution is -2.16. The van der Waals surface area contributed by atoms with Crippen LogP contribution < -0.4 is 5.56 Å². The molecule has 17 heavy (non-hydrogen) atoms. The minimum Gasteiger partial charge on any atom is -0.481 e. The van der Waals surface area contributed by atoms with E-state index in [-0.39, 0.29) is 10.9 Å². The fraction of sp³-hybridized carbons (Fsp3) is 0.182. The second kappa shape index (κ2) is 6.15. The molecule has 0 aliphatic carbocycles. The van der Waals surface area contributed by atoms with Crippen LogP contribution in [0.4, 0.5) is 0 Å².